The third-order valence-electron chi connectivity index (χ3n) is 3.49. The topological polar surface area (TPSA) is 50.4 Å². The molecular formula is C18H21ClN2O2. The molecule has 122 valence electrons. The lowest BCUT2D eigenvalue weighted by Gasteiger charge is -2.09. The Bertz CT molecular complexity index is 657. The number of amides is 1. The van der Waals surface area contributed by atoms with Crippen molar-refractivity contribution in [2.75, 3.05) is 19.0 Å². The number of benzene rings is 2. The number of anilines is 1. The van der Waals surface area contributed by atoms with Crippen LogP contribution in [0.4, 0.5) is 5.69 Å². The van der Waals surface area contributed by atoms with E-state index in [1.165, 1.54) is 0 Å². The van der Waals surface area contributed by atoms with Gasteiger partial charge in [-0.2, -0.15) is 0 Å². The van der Waals surface area contributed by atoms with E-state index in [-0.39, 0.29) is 5.91 Å². The summed E-state index contributed by atoms with van der Waals surface area (Å²) in [5.74, 6) is 0.808. The molecule has 0 unspecified atom stereocenters. The number of ether oxygens (including phenoxy) is 1. The number of aryl methyl sites for hydroxylation is 1. The molecule has 0 saturated carbocycles. The van der Waals surface area contributed by atoms with Crippen LogP contribution in [0.3, 0.4) is 0 Å². The van der Waals surface area contributed by atoms with E-state index in [2.05, 4.69) is 10.6 Å². The monoisotopic (exact) mass is 332 g/mol. The molecule has 0 radical (unpaired) electrons. The number of methoxy groups -OCH3 is 1. The molecule has 2 aromatic carbocycles. The lowest BCUT2D eigenvalue weighted by atomic mass is 10.2. The Morgan fingerprint density at radius 2 is 1.91 bits per heavy atom. The molecule has 0 aliphatic carbocycles. The second-order valence-electron chi connectivity index (χ2n) is 5.28. The van der Waals surface area contributed by atoms with Gasteiger partial charge in [0.25, 0.3) is 0 Å². The molecule has 2 N–H and O–H groups in total. The molecule has 0 fully saturated rings. The van der Waals surface area contributed by atoms with Gasteiger partial charge in [-0.25, -0.2) is 0 Å². The summed E-state index contributed by atoms with van der Waals surface area (Å²) in [5, 5.41) is 6.75. The molecule has 5 heteroatoms. The highest BCUT2D eigenvalue weighted by Crippen LogP contribution is 2.20. The van der Waals surface area contributed by atoms with Gasteiger partial charge in [-0.05, 0) is 42.3 Å². The SMILES string of the molecule is COc1ccc(CNCCC(=O)Nc2cc(Cl)ccc2C)cc1. The van der Waals surface area contributed by atoms with Crippen molar-refractivity contribution in [3.8, 4) is 5.75 Å². The highest BCUT2D eigenvalue weighted by atomic mass is 35.5. The summed E-state index contributed by atoms with van der Waals surface area (Å²) in [6.45, 7) is 3.26. The van der Waals surface area contributed by atoms with Crippen molar-refractivity contribution >= 4 is 23.2 Å². The molecule has 4 nitrogen and oxygen atoms in total. The highest BCUT2D eigenvalue weighted by molar-refractivity contribution is 6.31. The Balaban J connectivity index is 1.73. The number of carbonyl (C=O) groups is 1. The number of rotatable bonds is 7. The van der Waals surface area contributed by atoms with E-state index in [0.29, 0.717) is 24.5 Å². The van der Waals surface area contributed by atoms with E-state index >= 15 is 0 Å². The van der Waals surface area contributed by atoms with Crippen molar-refractivity contribution < 1.29 is 9.53 Å². The summed E-state index contributed by atoms with van der Waals surface area (Å²) in [6.07, 6.45) is 0.405. The number of carbonyl (C=O) groups excluding carboxylic acids is 1. The van der Waals surface area contributed by atoms with Crippen LogP contribution in [-0.2, 0) is 11.3 Å². The molecule has 0 spiro atoms. The predicted octanol–water partition coefficient (Wildman–Crippen LogP) is 3.78. The molecule has 0 aliphatic rings. The lowest BCUT2D eigenvalue weighted by molar-refractivity contribution is -0.116. The number of nitrogens with one attached hydrogen (secondary N) is 2. The molecule has 0 atom stereocenters. The number of halogens is 1. The molecule has 0 bridgehead atoms. The Morgan fingerprint density at radius 1 is 1.17 bits per heavy atom. The second kappa shape index (κ2) is 8.56. The maximum absolute atomic E-state index is 12.0. The quantitative estimate of drug-likeness (QED) is 0.759. The van der Waals surface area contributed by atoms with Gasteiger partial charge < -0.3 is 15.4 Å². The predicted molar refractivity (Wildman–Crippen MR) is 94.1 cm³/mol. The first-order valence-corrected chi connectivity index (χ1v) is 7.86. The van der Waals surface area contributed by atoms with Crippen molar-refractivity contribution in [2.24, 2.45) is 0 Å². The van der Waals surface area contributed by atoms with Crippen LogP contribution in [0.15, 0.2) is 42.5 Å². The summed E-state index contributed by atoms with van der Waals surface area (Å²) < 4.78 is 5.12. The zero-order chi connectivity index (χ0) is 16.7. The summed E-state index contributed by atoms with van der Waals surface area (Å²) >= 11 is 5.94. The summed E-state index contributed by atoms with van der Waals surface area (Å²) in [6, 6.07) is 13.3. The average Bonchev–Trinajstić information content (AvgIpc) is 2.55. The van der Waals surface area contributed by atoms with Gasteiger partial charge in [0, 0.05) is 30.2 Å². The van der Waals surface area contributed by atoms with Crippen molar-refractivity contribution in [1.82, 2.24) is 5.32 Å². The van der Waals surface area contributed by atoms with Gasteiger partial charge in [0.2, 0.25) is 5.91 Å². The van der Waals surface area contributed by atoms with Gasteiger partial charge in [-0.3, -0.25) is 4.79 Å². The van der Waals surface area contributed by atoms with Gasteiger partial charge in [0.05, 0.1) is 7.11 Å². The maximum Gasteiger partial charge on any atom is 0.225 e. The van der Waals surface area contributed by atoms with Crippen molar-refractivity contribution in [3.05, 3.63) is 58.6 Å². The van der Waals surface area contributed by atoms with Gasteiger partial charge in [0.1, 0.15) is 5.75 Å². The third-order valence-corrected chi connectivity index (χ3v) is 3.73. The Morgan fingerprint density at radius 3 is 2.61 bits per heavy atom. The van der Waals surface area contributed by atoms with Crippen molar-refractivity contribution in [3.63, 3.8) is 0 Å². The van der Waals surface area contributed by atoms with Gasteiger partial charge in [0.15, 0.2) is 0 Å². The van der Waals surface area contributed by atoms with Crippen molar-refractivity contribution in [1.29, 1.82) is 0 Å². The van der Waals surface area contributed by atoms with E-state index in [1.807, 2.05) is 43.3 Å². The summed E-state index contributed by atoms with van der Waals surface area (Å²) in [7, 11) is 1.65. The molecule has 2 aromatic rings. The highest BCUT2D eigenvalue weighted by Gasteiger charge is 2.05. The fourth-order valence-electron chi connectivity index (χ4n) is 2.12. The zero-order valence-corrected chi connectivity index (χ0v) is 14.1. The largest absolute Gasteiger partial charge is 0.497 e. The Labute approximate surface area is 141 Å². The first kappa shape index (κ1) is 17.3. The smallest absolute Gasteiger partial charge is 0.225 e. The molecule has 0 aliphatic heterocycles. The standard InChI is InChI=1S/C18H21ClN2O2/c1-13-3-6-15(19)11-17(13)21-18(22)9-10-20-12-14-4-7-16(23-2)8-5-14/h3-8,11,20H,9-10,12H2,1-2H3,(H,21,22). The van der Waals surface area contributed by atoms with Crippen LogP contribution >= 0.6 is 11.6 Å². The third kappa shape index (κ3) is 5.58. The normalized spacial score (nSPS) is 10.4. The van der Waals surface area contributed by atoms with E-state index in [1.54, 1.807) is 13.2 Å². The van der Waals surface area contributed by atoms with Crippen LogP contribution in [0.2, 0.25) is 5.02 Å². The Kier molecular flexibility index (Phi) is 6.44. The first-order valence-electron chi connectivity index (χ1n) is 7.48. The maximum atomic E-state index is 12.0. The summed E-state index contributed by atoms with van der Waals surface area (Å²) in [4.78, 5) is 12.0. The van der Waals surface area contributed by atoms with Crippen LogP contribution in [0.5, 0.6) is 5.75 Å². The molecule has 2 rings (SSSR count). The van der Waals surface area contributed by atoms with Crippen LogP contribution in [0, 0.1) is 6.92 Å². The van der Waals surface area contributed by atoms with E-state index < -0.39 is 0 Å². The van der Waals surface area contributed by atoms with Crippen molar-refractivity contribution in [2.45, 2.75) is 19.9 Å². The van der Waals surface area contributed by atoms with Crippen LogP contribution in [0.1, 0.15) is 17.5 Å². The van der Waals surface area contributed by atoms with Crippen LogP contribution in [0.25, 0.3) is 0 Å². The average molecular weight is 333 g/mol. The molecule has 0 saturated heterocycles. The van der Waals surface area contributed by atoms with Gasteiger partial charge in [-0.1, -0.05) is 29.8 Å². The molecule has 23 heavy (non-hydrogen) atoms. The molecule has 0 heterocycles. The fraction of sp³-hybridized carbons (Fsp3) is 0.278. The zero-order valence-electron chi connectivity index (χ0n) is 13.4. The summed E-state index contributed by atoms with van der Waals surface area (Å²) in [5.41, 5.74) is 2.91. The van der Waals surface area contributed by atoms with E-state index in [0.717, 1.165) is 22.6 Å². The molecule has 0 aromatic heterocycles. The number of hydrogen-bond donors (Lipinski definition) is 2. The molecular weight excluding hydrogens is 312 g/mol. The minimum absolute atomic E-state index is 0.0300. The van der Waals surface area contributed by atoms with Crippen LogP contribution in [-0.4, -0.2) is 19.6 Å². The van der Waals surface area contributed by atoms with Gasteiger partial charge >= 0.3 is 0 Å². The first-order chi connectivity index (χ1) is 11.1. The van der Waals surface area contributed by atoms with Crippen LogP contribution < -0.4 is 15.4 Å². The second-order valence-corrected chi connectivity index (χ2v) is 5.72. The number of hydrogen-bond acceptors (Lipinski definition) is 3. The van der Waals surface area contributed by atoms with Gasteiger partial charge in [-0.15, -0.1) is 0 Å². The van der Waals surface area contributed by atoms with E-state index in [9.17, 15) is 4.79 Å². The lowest BCUT2D eigenvalue weighted by Crippen LogP contribution is -2.21. The van der Waals surface area contributed by atoms with E-state index in [4.69, 9.17) is 16.3 Å². The Hall–Kier alpha value is -2.04. The fourth-order valence-corrected chi connectivity index (χ4v) is 2.29. The molecule has 1 amide bonds. The minimum Gasteiger partial charge on any atom is -0.497 e. The minimum atomic E-state index is -0.0300.